The van der Waals surface area contributed by atoms with E-state index in [4.69, 9.17) is 4.74 Å². The lowest BCUT2D eigenvalue weighted by molar-refractivity contribution is -0.137. The van der Waals surface area contributed by atoms with Crippen molar-refractivity contribution in [2.24, 2.45) is 0 Å². The molecule has 0 spiro atoms. The van der Waals surface area contributed by atoms with E-state index in [1.165, 1.54) is 30.3 Å². The fourth-order valence-electron chi connectivity index (χ4n) is 2.37. The number of hydrogen-bond donors (Lipinski definition) is 1. The predicted molar refractivity (Wildman–Crippen MR) is 101 cm³/mol. The van der Waals surface area contributed by atoms with Gasteiger partial charge in [-0.3, -0.25) is 4.79 Å². The van der Waals surface area contributed by atoms with Crippen molar-refractivity contribution in [1.82, 2.24) is 0 Å². The van der Waals surface area contributed by atoms with Gasteiger partial charge in [-0.05, 0) is 30.7 Å². The summed E-state index contributed by atoms with van der Waals surface area (Å²) in [5.74, 6) is -1.39. The molecule has 2 rings (SSSR count). The number of nitrogens with one attached hydrogen (secondary N) is 1. The highest BCUT2D eigenvalue weighted by Gasteiger charge is 2.35. The van der Waals surface area contributed by atoms with Gasteiger partial charge in [0.2, 0.25) is 0 Å². The van der Waals surface area contributed by atoms with Gasteiger partial charge in [0, 0.05) is 11.4 Å². The molecule has 0 heterocycles. The number of carbonyl (C=O) groups excluding carboxylic acids is 2. The van der Waals surface area contributed by atoms with Crippen LogP contribution < -0.4 is 10.1 Å². The molecule has 0 saturated carbocycles. The molecule has 28 heavy (non-hydrogen) atoms. The minimum absolute atomic E-state index is 0.00631. The number of carbonyl (C=O) groups is 2. The highest BCUT2D eigenvalue weighted by molar-refractivity contribution is 9.09. The van der Waals surface area contributed by atoms with Crippen LogP contribution >= 0.6 is 15.9 Å². The van der Waals surface area contributed by atoms with Crippen LogP contribution in [0.3, 0.4) is 0 Å². The van der Waals surface area contributed by atoms with Gasteiger partial charge in [0.25, 0.3) is 5.91 Å². The van der Waals surface area contributed by atoms with Crippen LogP contribution in [0.2, 0.25) is 0 Å². The Labute approximate surface area is 168 Å². The molecule has 0 bridgehead atoms. The summed E-state index contributed by atoms with van der Waals surface area (Å²) in [5.41, 5.74) is -1.65. The fraction of sp³-hybridized carbons (Fsp3) is 0.263. The summed E-state index contributed by atoms with van der Waals surface area (Å²) in [6.07, 6.45) is -3.97. The second-order valence-electron chi connectivity index (χ2n) is 5.59. The average Bonchev–Trinajstić information content (AvgIpc) is 2.67. The molecule has 2 aromatic carbocycles. The first-order chi connectivity index (χ1) is 13.3. The number of benzene rings is 2. The zero-order valence-corrected chi connectivity index (χ0v) is 16.4. The molecular weight excluding hydrogens is 443 g/mol. The Hall–Kier alpha value is -2.55. The maximum Gasteiger partial charge on any atom is 0.417 e. The van der Waals surface area contributed by atoms with Crippen LogP contribution in [-0.4, -0.2) is 30.9 Å². The summed E-state index contributed by atoms with van der Waals surface area (Å²) in [6, 6.07) is 8.65. The monoisotopic (exact) mass is 459 g/mol. The van der Waals surface area contributed by atoms with E-state index in [9.17, 15) is 22.8 Å². The molecule has 0 atom stereocenters. The molecule has 0 saturated heterocycles. The van der Waals surface area contributed by atoms with E-state index in [1.54, 1.807) is 0 Å². The summed E-state index contributed by atoms with van der Waals surface area (Å²) in [4.78, 5) is 24.5. The number of amides is 1. The van der Waals surface area contributed by atoms with Crippen molar-refractivity contribution < 1.29 is 32.2 Å². The molecule has 0 unspecified atom stereocenters. The molecule has 9 heteroatoms. The van der Waals surface area contributed by atoms with Crippen molar-refractivity contribution in [3.63, 3.8) is 0 Å². The third-order valence-corrected chi connectivity index (χ3v) is 4.23. The Morgan fingerprint density at radius 2 is 1.82 bits per heavy atom. The van der Waals surface area contributed by atoms with Crippen molar-refractivity contribution >= 4 is 33.5 Å². The second-order valence-corrected chi connectivity index (χ2v) is 6.38. The maximum atomic E-state index is 13.2. The Morgan fingerprint density at radius 3 is 2.46 bits per heavy atom. The van der Waals surface area contributed by atoms with E-state index >= 15 is 0 Å². The minimum Gasteiger partial charge on any atom is -0.493 e. The van der Waals surface area contributed by atoms with Crippen LogP contribution in [-0.2, 0) is 10.9 Å². The topological polar surface area (TPSA) is 64.6 Å². The largest absolute Gasteiger partial charge is 0.493 e. The van der Waals surface area contributed by atoms with Crippen LogP contribution in [0.15, 0.2) is 42.5 Å². The molecule has 0 aliphatic heterocycles. The average molecular weight is 460 g/mol. The summed E-state index contributed by atoms with van der Waals surface area (Å²) < 4.78 is 49.7. The van der Waals surface area contributed by atoms with Gasteiger partial charge < -0.3 is 14.8 Å². The van der Waals surface area contributed by atoms with E-state index in [0.29, 0.717) is 12.4 Å². The van der Waals surface area contributed by atoms with E-state index in [0.717, 1.165) is 31.0 Å². The van der Waals surface area contributed by atoms with E-state index in [2.05, 4.69) is 26.0 Å². The zero-order chi connectivity index (χ0) is 20.7. The summed E-state index contributed by atoms with van der Waals surface area (Å²) in [7, 11) is 1.16. The molecule has 0 fully saturated rings. The lowest BCUT2D eigenvalue weighted by Crippen LogP contribution is -2.20. The summed E-state index contributed by atoms with van der Waals surface area (Å²) in [5, 5.41) is 3.08. The van der Waals surface area contributed by atoms with Gasteiger partial charge >= 0.3 is 12.1 Å². The van der Waals surface area contributed by atoms with Crippen LogP contribution in [0.1, 0.15) is 32.7 Å². The predicted octanol–water partition coefficient (Wildman–Crippen LogP) is 4.91. The van der Waals surface area contributed by atoms with Gasteiger partial charge in [-0.1, -0.05) is 28.1 Å². The van der Waals surface area contributed by atoms with Gasteiger partial charge in [0.15, 0.2) is 0 Å². The SMILES string of the molecule is COC(=O)c1ccc(OCCCBr)cc1NC(=O)c1ccccc1C(F)(F)F. The Kier molecular flexibility index (Phi) is 7.45. The Balaban J connectivity index is 2.36. The molecule has 0 radical (unpaired) electrons. The van der Waals surface area contributed by atoms with Gasteiger partial charge in [-0.25, -0.2) is 4.79 Å². The van der Waals surface area contributed by atoms with Crippen molar-refractivity contribution in [2.75, 3.05) is 24.4 Å². The smallest absolute Gasteiger partial charge is 0.417 e. The Morgan fingerprint density at radius 1 is 1.11 bits per heavy atom. The lowest BCUT2D eigenvalue weighted by Gasteiger charge is -2.15. The van der Waals surface area contributed by atoms with Crippen molar-refractivity contribution in [3.05, 3.63) is 59.2 Å². The number of anilines is 1. The van der Waals surface area contributed by atoms with Crippen LogP contribution in [0.5, 0.6) is 5.75 Å². The van der Waals surface area contributed by atoms with E-state index in [-0.39, 0.29) is 11.3 Å². The number of methoxy groups -OCH3 is 1. The van der Waals surface area contributed by atoms with Crippen molar-refractivity contribution in [2.45, 2.75) is 12.6 Å². The number of hydrogen-bond acceptors (Lipinski definition) is 4. The van der Waals surface area contributed by atoms with Crippen LogP contribution in [0.25, 0.3) is 0 Å². The van der Waals surface area contributed by atoms with Gasteiger partial charge in [-0.2, -0.15) is 13.2 Å². The quantitative estimate of drug-likeness (QED) is 0.363. The van der Waals surface area contributed by atoms with E-state index < -0.39 is 29.2 Å². The highest BCUT2D eigenvalue weighted by Crippen LogP contribution is 2.32. The number of ether oxygens (including phenoxy) is 2. The zero-order valence-electron chi connectivity index (χ0n) is 14.8. The van der Waals surface area contributed by atoms with Crippen LogP contribution in [0, 0.1) is 0 Å². The molecule has 5 nitrogen and oxygen atoms in total. The summed E-state index contributed by atoms with van der Waals surface area (Å²) in [6.45, 7) is 0.382. The molecule has 150 valence electrons. The molecule has 1 amide bonds. The number of rotatable bonds is 7. The van der Waals surface area contributed by atoms with Crippen molar-refractivity contribution in [1.29, 1.82) is 0 Å². The Bertz CT molecular complexity index is 855. The standard InChI is InChI=1S/C19H17BrF3NO4/c1-27-18(26)14-8-7-12(28-10-4-9-20)11-16(14)24-17(25)13-5-2-3-6-15(13)19(21,22)23/h2-3,5-8,11H,4,9-10H2,1H3,(H,24,25). The van der Waals surface area contributed by atoms with Crippen LogP contribution in [0.4, 0.5) is 18.9 Å². The molecule has 2 aromatic rings. The molecule has 1 N–H and O–H groups in total. The molecule has 0 aromatic heterocycles. The molecule has 0 aliphatic carbocycles. The van der Waals surface area contributed by atoms with E-state index in [1.807, 2.05) is 0 Å². The number of esters is 1. The third-order valence-electron chi connectivity index (χ3n) is 3.67. The summed E-state index contributed by atoms with van der Waals surface area (Å²) >= 11 is 3.27. The molecular formula is C19H17BrF3NO4. The van der Waals surface area contributed by atoms with Gasteiger partial charge in [0.1, 0.15) is 5.75 Å². The third kappa shape index (κ3) is 5.48. The lowest BCUT2D eigenvalue weighted by atomic mass is 10.1. The van der Waals surface area contributed by atoms with Gasteiger partial charge in [-0.15, -0.1) is 0 Å². The number of halogens is 4. The number of alkyl halides is 4. The van der Waals surface area contributed by atoms with Crippen molar-refractivity contribution in [3.8, 4) is 5.75 Å². The highest BCUT2D eigenvalue weighted by atomic mass is 79.9. The fourth-order valence-corrected chi connectivity index (χ4v) is 2.60. The van der Waals surface area contributed by atoms with Gasteiger partial charge in [0.05, 0.1) is 36.1 Å². The second kappa shape index (κ2) is 9.59. The first-order valence-electron chi connectivity index (χ1n) is 8.16. The minimum atomic E-state index is -4.69. The normalized spacial score (nSPS) is 11.0. The maximum absolute atomic E-state index is 13.2. The first-order valence-corrected chi connectivity index (χ1v) is 9.28. The first kappa shape index (κ1) is 21.7. The molecule has 0 aliphatic rings.